The summed E-state index contributed by atoms with van der Waals surface area (Å²) < 4.78 is 8.10. The van der Waals surface area contributed by atoms with Crippen molar-refractivity contribution in [1.82, 2.24) is 19.4 Å². The third kappa shape index (κ3) is 4.10. The average Bonchev–Trinajstić information content (AvgIpc) is 3.13. The molecule has 1 atom stereocenters. The number of hydrogen-bond donors (Lipinski definition) is 0. The number of ether oxygens (including phenoxy) is 1. The molecule has 5 nitrogen and oxygen atoms in total. The Hall–Kier alpha value is -1.85. The van der Waals surface area contributed by atoms with Gasteiger partial charge >= 0.3 is 0 Å². The Kier molecular flexibility index (Phi) is 5.56. The molecular weight excluding hydrogens is 324 g/mol. The van der Waals surface area contributed by atoms with Crippen LogP contribution >= 0.6 is 0 Å². The first-order valence-corrected chi connectivity index (χ1v) is 9.94. The summed E-state index contributed by atoms with van der Waals surface area (Å²) in [5.41, 5.74) is 1.29. The lowest BCUT2D eigenvalue weighted by atomic mass is 9.97. The van der Waals surface area contributed by atoms with Crippen LogP contribution in [0.5, 0.6) is 5.75 Å². The van der Waals surface area contributed by atoms with Crippen LogP contribution in [-0.2, 0) is 13.1 Å². The average molecular weight is 354 g/mol. The monoisotopic (exact) mass is 354 g/mol. The molecular formula is C21H30N4O. The van der Waals surface area contributed by atoms with Crippen LogP contribution in [0.2, 0.25) is 0 Å². The number of imidazole rings is 1. The number of piperidine rings is 1. The molecule has 0 aliphatic carbocycles. The highest BCUT2D eigenvalue weighted by atomic mass is 16.5. The van der Waals surface area contributed by atoms with E-state index in [4.69, 9.17) is 4.74 Å². The van der Waals surface area contributed by atoms with Crippen LogP contribution in [0.4, 0.5) is 0 Å². The predicted octanol–water partition coefficient (Wildman–Crippen LogP) is 3.02. The molecule has 2 fully saturated rings. The largest absolute Gasteiger partial charge is 0.491 e. The molecule has 2 aromatic rings. The molecule has 2 aliphatic rings. The zero-order valence-electron chi connectivity index (χ0n) is 15.8. The van der Waals surface area contributed by atoms with E-state index in [2.05, 4.69) is 46.0 Å². The number of aromatic nitrogens is 2. The minimum Gasteiger partial charge on any atom is -0.491 e. The van der Waals surface area contributed by atoms with Gasteiger partial charge in [-0.15, -0.1) is 0 Å². The SMILES string of the molecule is CC1CCCCN1C1CN(Cc2ccccc2OCCn2ccnc2)C1. The topological polar surface area (TPSA) is 33.5 Å². The smallest absolute Gasteiger partial charge is 0.123 e. The fourth-order valence-corrected chi connectivity index (χ4v) is 4.24. The van der Waals surface area contributed by atoms with E-state index >= 15 is 0 Å². The summed E-state index contributed by atoms with van der Waals surface area (Å²) in [6, 6.07) is 9.97. The normalized spacial score (nSPS) is 22.3. The number of nitrogens with zero attached hydrogens (tertiary/aromatic N) is 4. The van der Waals surface area contributed by atoms with E-state index in [1.165, 1.54) is 44.5 Å². The quantitative estimate of drug-likeness (QED) is 0.765. The Bertz CT molecular complexity index is 681. The van der Waals surface area contributed by atoms with Gasteiger partial charge in [-0.3, -0.25) is 9.80 Å². The van der Waals surface area contributed by atoms with Gasteiger partial charge in [0.05, 0.1) is 12.9 Å². The van der Waals surface area contributed by atoms with E-state index in [-0.39, 0.29) is 0 Å². The lowest BCUT2D eigenvalue weighted by Gasteiger charge is -2.49. The molecule has 5 heteroatoms. The van der Waals surface area contributed by atoms with Crippen LogP contribution in [0.1, 0.15) is 31.7 Å². The maximum Gasteiger partial charge on any atom is 0.123 e. The van der Waals surface area contributed by atoms with Crippen molar-refractivity contribution in [1.29, 1.82) is 0 Å². The van der Waals surface area contributed by atoms with Gasteiger partial charge in [0, 0.05) is 49.7 Å². The summed E-state index contributed by atoms with van der Waals surface area (Å²) in [6.07, 6.45) is 9.74. The molecule has 0 saturated carbocycles. The van der Waals surface area contributed by atoms with E-state index in [1.807, 2.05) is 17.1 Å². The van der Waals surface area contributed by atoms with Crippen molar-refractivity contribution in [3.63, 3.8) is 0 Å². The minimum absolute atomic E-state index is 0.668. The van der Waals surface area contributed by atoms with E-state index in [1.54, 1.807) is 6.20 Å². The number of rotatable bonds is 7. The van der Waals surface area contributed by atoms with Crippen LogP contribution in [0.15, 0.2) is 43.0 Å². The number of benzene rings is 1. The Balaban J connectivity index is 1.27. The van der Waals surface area contributed by atoms with Gasteiger partial charge in [-0.1, -0.05) is 24.6 Å². The van der Waals surface area contributed by atoms with Crippen LogP contribution in [0.3, 0.4) is 0 Å². The first kappa shape index (κ1) is 17.6. The first-order chi connectivity index (χ1) is 12.8. The number of likely N-dealkylation sites (tertiary alicyclic amines) is 2. The second-order valence-corrected chi connectivity index (χ2v) is 7.69. The van der Waals surface area contributed by atoms with Gasteiger partial charge in [0.15, 0.2) is 0 Å². The molecule has 1 aromatic heterocycles. The minimum atomic E-state index is 0.668. The molecule has 26 heavy (non-hydrogen) atoms. The third-order valence-electron chi connectivity index (χ3n) is 5.79. The van der Waals surface area contributed by atoms with E-state index in [9.17, 15) is 0 Å². The molecule has 140 valence electrons. The molecule has 0 bridgehead atoms. The van der Waals surface area contributed by atoms with Gasteiger partial charge in [0.1, 0.15) is 12.4 Å². The Labute approximate surface area is 156 Å². The molecule has 4 rings (SSSR count). The second kappa shape index (κ2) is 8.23. The molecule has 0 N–H and O–H groups in total. The third-order valence-corrected chi connectivity index (χ3v) is 5.79. The Morgan fingerprint density at radius 3 is 2.88 bits per heavy atom. The standard InChI is InChI=1S/C21H30N4O/c1-18-6-4-5-10-25(18)20-15-24(16-20)14-19-7-2-3-8-21(19)26-13-12-23-11-9-22-17-23/h2-3,7-9,11,17-18,20H,4-6,10,12-16H2,1H3. The van der Waals surface area contributed by atoms with Crippen molar-refractivity contribution < 1.29 is 4.74 Å². The van der Waals surface area contributed by atoms with Crippen LogP contribution in [0, 0.1) is 0 Å². The maximum absolute atomic E-state index is 6.05. The molecule has 0 amide bonds. The number of hydrogen-bond acceptors (Lipinski definition) is 4. The van der Waals surface area contributed by atoms with Gasteiger partial charge in [-0.2, -0.15) is 0 Å². The summed E-state index contributed by atoms with van der Waals surface area (Å²) in [6.45, 7) is 8.54. The Morgan fingerprint density at radius 1 is 1.19 bits per heavy atom. The van der Waals surface area contributed by atoms with Gasteiger partial charge < -0.3 is 9.30 Å². The predicted molar refractivity (Wildman–Crippen MR) is 103 cm³/mol. The van der Waals surface area contributed by atoms with E-state index in [0.29, 0.717) is 6.61 Å². The molecule has 2 saturated heterocycles. The lowest BCUT2D eigenvalue weighted by Crippen LogP contribution is -2.61. The number of para-hydroxylation sites is 1. The highest BCUT2D eigenvalue weighted by molar-refractivity contribution is 5.33. The summed E-state index contributed by atoms with van der Waals surface area (Å²) >= 11 is 0. The zero-order valence-corrected chi connectivity index (χ0v) is 15.8. The summed E-state index contributed by atoms with van der Waals surface area (Å²) in [5, 5.41) is 0. The highest BCUT2D eigenvalue weighted by Crippen LogP contribution is 2.27. The van der Waals surface area contributed by atoms with Crippen LogP contribution < -0.4 is 4.74 Å². The lowest BCUT2D eigenvalue weighted by molar-refractivity contribution is -0.00654. The fraction of sp³-hybridized carbons (Fsp3) is 0.571. The fourth-order valence-electron chi connectivity index (χ4n) is 4.24. The molecule has 1 unspecified atom stereocenters. The first-order valence-electron chi connectivity index (χ1n) is 9.94. The highest BCUT2D eigenvalue weighted by Gasteiger charge is 2.35. The van der Waals surface area contributed by atoms with Crippen molar-refractivity contribution in [3.05, 3.63) is 48.5 Å². The molecule has 1 aromatic carbocycles. The zero-order chi connectivity index (χ0) is 17.8. The van der Waals surface area contributed by atoms with Gasteiger partial charge in [0.25, 0.3) is 0 Å². The van der Waals surface area contributed by atoms with Gasteiger partial charge in [-0.05, 0) is 32.4 Å². The Morgan fingerprint density at radius 2 is 2.08 bits per heavy atom. The van der Waals surface area contributed by atoms with Gasteiger partial charge in [0.2, 0.25) is 0 Å². The van der Waals surface area contributed by atoms with Crippen LogP contribution in [0.25, 0.3) is 0 Å². The maximum atomic E-state index is 6.05. The van der Waals surface area contributed by atoms with Crippen molar-refractivity contribution in [2.24, 2.45) is 0 Å². The van der Waals surface area contributed by atoms with Crippen molar-refractivity contribution in [2.75, 3.05) is 26.2 Å². The van der Waals surface area contributed by atoms with Crippen LogP contribution in [-0.4, -0.2) is 57.7 Å². The van der Waals surface area contributed by atoms with Crippen molar-refractivity contribution in [2.45, 2.75) is 51.4 Å². The summed E-state index contributed by atoms with van der Waals surface area (Å²) in [7, 11) is 0. The molecule has 2 aliphatic heterocycles. The summed E-state index contributed by atoms with van der Waals surface area (Å²) in [5.74, 6) is 1.02. The van der Waals surface area contributed by atoms with E-state index < -0.39 is 0 Å². The summed E-state index contributed by atoms with van der Waals surface area (Å²) in [4.78, 5) is 9.35. The van der Waals surface area contributed by atoms with E-state index in [0.717, 1.165) is 30.9 Å². The molecule has 0 radical (unpaired) electrons. The second-order valence-electron chi connectivity index (χ2n) is 7.69. The van der Waals surface area contributed by atoms with Gasteiger partial charge in [-0.25, -0.2) is 4.98 Å². The molecule has 3 heterocycles. The van der Waals surface area contributed by atoms with Crippen molar-refractivity contribution in [3.8, 4) is 5.75 Å². The van der Waals surface area contributed by atoms with Crippen molar-refractivity contribution >= 4 is 0 Å². The molecule has 0 spiro atoms.